The van der Waals surface area contributed by atoms with E-state index in [1.54, 1.807) is 30.3 Å². The van der Waals surface area contributed by atoms with Crippen LogP contribution in [0.25, 0.3) is 6.08 Å². The molecule has 1 aliphatic heterocycles. The SMILES string of the molecule is CCc1ccc(N2C(=O)NC(=O)/C(=C/c3ccc(OCc4cccc(C)c4)c(OC)c3)C2=O)cc1. The van der Waals surface area contributed by atoms with Gasteiger partial charge < -0.3 is 9.47 Å². The molecule has 0 spiro atoms. The lowest BCUT2D eigenvalue weighted by molar-refractivity contribution is -0.122. The Morgan fingerprint density at radius 3 is 2.37 bits per heavy atom. The lowest BCUT2D eigenvalue weighted by atomic mass is 10.1. The molecule has 1 heterocycles. The summed E-state index contributed by atoms with van der Waals surface area (Å²) < 4.78 is 11.4. The van der Waals surface area contributed by atoms with Crippen molar-refractivity contribution in [3.8, 4) is 11.5 Å². The Bertz CT molecular complexity index is 1310. The van der Waals surface area contributed by atoms with Crippen LogP contribution in [0.5, 0.6) is 11.5 Å². The van der Waals surface area contributed by atoms with E-state index in [0.29, 0.717) is 29.4 Å². The highest BCUT2D eigenvalue weighted by molar-refractivity contribution is 6.39. The van der Waals surface area contributed by atoms with Crippen LogP contribution in [0.15, 0.2) is 72.3 Å². The number of hydrogen-bond acceptors (Lipinski definition) is 5. The highest BCUT2D eigenvalue weighted by Gasteiger charge is 2.36. The number of rotatable bonds is 7. The van der Waals surface area contributed by atoms with Crippen LogP contribution in [0.1, 0.15) is 29.2 Å². The van der Waals surface area contributed by atoms with Crippen molar-refractivity contribution in [2.24, 2.45) is 0 Å². The second-order valence-corrected chi connectivity index (χ2v) is 8.17. The molecule has 0 aliphatic carbocycles. The van der Waals surface area contributed by atoms with E-state index in [4.69, 9.17) is 9.47 Å². The van der Waals surface area contributed by atoms with Gasteiger partial charge in [0.05, 0.1) is 12.8 Å². The van der Waals surface area contributed by atoms with Gasteiger partial charge in [0.25, 0.3) is 11.8 Å². The molecule has 0 bridgehead atoms. The zero-order chi connectivity index (χ0) is 24.9. The van der Waals surface area contributed by atoms with Crippen molar-refractivity contribution in [2.75, 3.05) is 12.0 Å². The van der Waals surface area contributed by atoms with E-state index in [1.807, 2.05) is 50.2 Å². The van der Waals surface area contributed by atoms with E-state index in [0.717, 1.165) is 28.0 Å². The highest BCUT2D eigenvalue weighted by Crippen LogP contribution is 2.30. The molecule has 1 aliphatic rings. The normalized spacial score (nSPS) is 14.8. The van der Waals surface area contributed by atoms with E-state index < -0.39 is 17.8 Å². The number of ether oxygens (including phenoxy) is 2. The minimum atomic E-state index is -0.779. The first-order valence-electron chi connectivity index (χ1n) is 11.3. The molecule has 4 amide bonds. The number of carbonyl (C=O) groups is 3. The molecule has 7 nitrogen and oxygen atoms in total. The summed E-state index contributed by atoms with van der Waals surface area (Å²) in [5.74, 6) is -0.455. The van der Waals surface area contributed by atoms with Gasteiger partial charge in [-0.25, -0.2) is 9.69 Å². The van der Waals surface area contributed by atoms with Gasteiger partial charge in [-0.2, -0.15) is 0 Å². The summed E-state index contributed by atoms with van der Waals surface area (Å²) in [6.45, 7) is 4.40. The maximum atomic E-state index is 13.1. The van der Waals surface area contributed by atoms with Gasteiger partial charge >= 0.3 is 6.03 Å². The van der Waals surface area contributed by atoms with Crippen LogP contribution in [0.2, 0.25) is 0 Å². The zero-order valence-electron chi connectivity index (χ0n) is 19.8. The Labute approximate surface area is 204 Å². The van der Waals surface area contributed by atoms with E-state index in [-0.39, 0.29) is 5.57 Å². The number of anilines is 1. The third-order valence-electron chi connectivity index (χ3n) is 5.68. The molecule has 35 heavy (non-hydrogen) atoms. The Balaban J connectivity index is 1.58. The monoisotopic (exact) mass is 470 g/mol. The Kier molecular flexibility index (Phi) is 6.96. The minimum Gasteiger partial charge on any atom is -0.493 e. The predicted octanol–water partition coefficient (Wildman–Crippen LogP) is 4.81. The van der Waals surface area contributed by atoms with Gasteiger partial charge in [-0.3, -0.25) is 14.9 Å². The summed E-state index contributed by atoms with van der Waals surface area (Å²) in [7, 11) is 1.52. The van der Waals surface area contributed by atoms with Crippen LogP contribution in [-0.4, -0.2) is 25.0 Å². The smallest absolute Gasteiger partial charge is 0.335 e. The number of amides is 4. The summed E-state index contributed by atoms with van der Waals surface area (Å²) in [5.41, 5.74) is 4.03. The topological polar surface area (TPSA) is 84.9 Å². The van der Waals surface area contributed by atoms with Gasteiger partial charge in [0.2, 0.25) is 0 Å². The maximum Gasteiger partial charge on any atom is 0.335 e. The van der Waals surface area contributed by atoms with Gasteiger partial charge in [0.15, 0.2) is 11.5 Å². The van der Waals surface area contributed by atoms with E-state index in [2.05, 4.69) is 5.32 Å². The fourth-order valence-corrected chi connectivity index (χ4v) is 3.80. The molecule has 3 aromatic carbocycles. The average molecular weight is 471 g/mol. The predicted molar refractivity (Wildman–Crippen MR) is 133 cm³/mol. The molecule has 0 saturated carbocycles. The molecule has 178 valence electrons. The minimum absolute atomic E-state index is 0.153. The molecule has 0 aromatic heterocycles. The number of imide groups is 2. The summed E-state index contributed by atoms with van der Waals surface area (Å²) in [6, 6.07) is 19.4. The third kappa shape index (κ3) is 5.24. The van der Waals surface area contributed by atoms with Gasteiger partial charge in [0.1, 0.15) is 12.2 Å². The second-order valence-electron chi connectivity index (χ2n) is 8.17. The first kappa shape index (κ1) is 23.8. The average Bonchev–Trinajstić information content (AvgIpc) is 2.86. The highest BCUT2D eigenvalue weighted by atomic mass is 16.5. The van der Waals surface area contributed by atoms with Crippen molar-refractivity contribution in [1.82, 2.24) is 5.32 Å². The Morgan fingerprint density at radius 1 is 0.914 bits per heavy atom. The molecular weight excluding hydrogens is 444 g/mol. The fourth-order valence-electron chi connectivity index (χ4n) is 3.80. The molecule has 1 saturated heterocycles. The Hall–Kier alpha value is -4.39. The second kappa shape index (κ2) is 10.3. The van der Waals surface area contributed by atoms with E-state index >= 15 is 0 Å². The molecule has 1 N–H and O–H groups in total. The van der Waals surface area contributed by atoms with Crippen LogP contribution in [0.4, 0.5) is 10.5 Å². The number of methoxy groups -OCH3 is 1. The van der Waals surface area contributed by atoms with Gasteiger partial charge in [-0.15, -0.1) is 0 Å². The number of hydrogen-bond donors (Lipinski definition) is 1. The molecule has 7 heteroatoms. The van der Waals surface area contributed by atoms with Gasteiger partial charge in [-0.05, 0) is 60.4 Å². The van der Waals surface area contributed by atoms with Gasteiger partial charge in [0, 0.05) is 0 Å². The molecule has 1 fully saturated rings. The summed E-state index contributed by atoms with van der Waals surface area (Å²) in [5, 5.41) is 2.24. The number of carbonyl (C=O) groups excluding carboxylic acids is 3. The third-order valence-corrected chi connectivity index (χ3v) is 5.68. The van der Waals surface area contributed by atoms with Crippen molar-refractivity contribution in [3.05, 3.63) is 94.6 Å². The Morgan fingerprint density at radius 2 is 1.69 bits per heavy atom. The lowest BCUT2D eigenvalue weighted by Crippen LogP contribution is -2.54. The molecule has 4 rings (SSSR count). The number of urea groups is 1. The summed E-state index contributed by atoms with van der Waals surface area (Å²) >= 11 is 0. The number of nitrogens with zero attached hydrogens (tertiary/aromatic N) is 1. The summed E-state index contributed by atoms with van der Waals surface area (Å²) in [6.07, 6.45) is 2.26. The molecule has 0 radical (unpaired) electrons. The molecule has 3 aromatic rings. The zero-order valence-corrected chi connectivity index (χ0v) is 19.8. The van der Waals surface area contributed by atoms with Crippen LogP contribution in [0, 0.1) is 6.92 Å². The van der Waals surface area contributed by atoms with Crippen LogP contribution in [0.3, 0.4) is 0 Å². The number of benzene rings is 3. The summed E-state index contributed by atoms with van der Waals surface area (Å²) in [4.78, 5) is 39.0. The first-order valence-corrected chi connectivity index (χ1v) is 11.3. The number of barbiturate groups is 1. The van der Waals surface area contributed by atoms with Crippen molar-refractivity contribution in [1.29, 1.82) is 0 Å². The molecular formula is C28H26N2O5. The standard InChI is InChI=1S/C28H26N2O5/c1-4-19-8-11-22(12-9-19)30-27(32)23(26(31)29-28(30)33)15-20-10-13-24(25(16-20)34-3)35-17-21-7-5-6-18(2)14-21/h5-16H,4,17H2,1-3H3,(H,29,31,33)/b23-15-. The van der Waals surface area contributed by atoms with Crippen LogP contribution < -0.4 is 19.7 Å². The lowest BCUT2D eigenvalue weighted by Gasteiger charge is -2.26. The molecule has 0 atom stereocenters. The molecule has 0 unspecified atom stereocenters. The fraction of sp³-hybridized carbons (Fsp3) is 0.179. The van der Waals surface area contributed by atoms with Crippen molar-refractivity contribution in [3.63, 3.8) is 0 Å². The number of aryl methyl sites for hydroxylation is 2. The van der Waals surface area contributed by atoms with Crippen LogP contribution in [-0.2, 0) is 22.6 Å². The van der Waals surface area contributed by atoms with Crippen molar-refractivity contribution >= 4 is 29.6 Å². The number of nitrogens with one attached hydrogen (secondary N) is 1. The maximum absolute atomic E-state index is 13.1. The van der Waals surface area contributed by atoms with E-state index in [9.17, 15) is 14.4 Å². The largest absolute Gasteiger partial charge is 0.493 e. The van der Waals surface area contributed by atoms with Gasteiger partial charge in [-0.1, -0.05) is 55.0 Å². The van der Waals surface area contributed by atoms with Crippen LogP contribution >= 0.6 is 0 Å². The first-order chi connectivity index (χ1) is 16.9. The van der Waals surface area contributed by atoms with Crippen molar-refractivity contribution < 1.29 is 23.9 Å². The quantitative estimate of drug-likeness (QED) is 0.396. The van der Waals surface area contributed by atoms with Crippen molar-refractivity contribution in [2.45, 2.75) is 26.9 Å². The van der Waals surface area contributed by atoms with E-state index in [1.165, 1.54) is 13.2 Å².